The molecule has 24 heavy (non-hydrogen) atoms. The lowest BCUT2D eigenvalue weighted by Gasteiger charge is -2.28. The zero-order chi connectivity index (χ0) is 17.8. The van der Waals surface area contributed by atoms with Gasteiger partial charge in [-0.3, -0.25) is 9.59 Å². The maximum absolute atomic E-state index is 13.7. The Balaban J connectivity index is 2.02. The van der Waals surface area contributed by atoms with Crippen molar-refractivity contribution in [3.8, 4) is 0 Å². The highest BCUT2D eigenvalue weighted by atomic mass is 19.1. The minimum Gasteiger partial charge on any atom is -0.460 e. The Kier molecular flexibility index (Phi) is 5.62. The van der Waals surface area contributed by atoms with Gasteiger partial charge in [-0.15, -0.1) is 0 Å². The van der Waals surface area contributed by atoms with Crippen molar-refractivity contribution >= 4 is 11.9 Å². The van der Waals surface area contributed by atoms with E-state index in [1.165, 1.54) is 6.07 Å². The molecule has 1 aromatic rings. The van der Waals surface area contributed by atoms with Crippen LogP contribution in [0.15, 0.2) is 24.3 Å². The van der Waals surface area contributed by atoms with Gasteiger partial charge in [-0.1, -0.05) is 31.0 Å². The molecule has 0 aliphatic heterocycles. The van der Waals surface area contributed by atoms with Crippen molar-refractivity contribution in [3.05, 3.63) is 35.6 Å². The number of esters is 1. The molecule has 4 nitrogen and oxygen atoms in total. The van der Waals surface area contributed by atoms with Crippen LogP contribution in [0.3, 0.4) is 0 Å². The van der Waals surface area contributed by atoms with E-state index in [2.05, 4.69) is 5.32 Å². The summed E-state index contributed by atoms with van der Waals surface area (Å²) in [6, 6.07) is 6.23. The number of nitrogens with one attached hydrogen (secondary N) is 1. The summed E-state index contributed by atoms with van der Waals surface area (Å²) in [5.41, 5.74) is -0.771. The molecule has 5 heteroatoms. The molecule has 0 radical (unpaired) electrons. The highest BCUT2D eigenvalue weighted by Crippen LogP contribution is 2.42. The topological polar surface area (TPSA) is 55.4 Å². The van der Waals surface area contributed by atoms with Crippen LogP contribution in [0.5, 0.6) is 0 Å². The molecule has 0 heterocycles. The van der Waals surface area contributed by atoms with Crippen molar-refractivity contribution in [3.63, 3.8) is 0 Å². The van der Waals surface area contributed by atoms with Crippen LogP contribution in [0.1, 0.15) is 58.4 Å². The Hall–Kier alpha value is -1.91. The lowest BCUT2D eigenvalue weighted by Crippen LogP contribution is -2.44. The van der Waals surface area contributed by atoms with E-state index in [0.29, 0.717) is 18.4 Å². The number of carbonyl (C=O) groups is 2. The van der Waals surface area contributed by atoms with Crippen molar-refractivity contribution < 1.29 is 18.7 Å². The first-order valence-corrected chi connectivity index (χ1v) is 8.44. The second-order valence-electron chi connectivity index (χ2n) is 7.63. The molecule has 1 fully saturated rings. The number of halogens is 1. The molecule has 1 N–H and O–H groups in total. The molecule has 1 aromatic carbocycles. The third kappa shape index (κ3) is 4.79. The lowest BCUT2D eigenvalue weighted by molar-refractivity contribution is -0.159. The van der Waals surface area contributed by atoms with Gasteiger partial charge in [0.1, 0.15) is 12.4 Å². The fourth-order valence-electron chi connectivity index (χ4n) is 3.19. The van der Waals surface area contributed by atoms with Gasteiger partial charge in [0.15, 0.2) is 0 Å². The average Bonchev–Trinajstić information content (AvgIpc) is 2.93. The molecule has 1 saturated carbocycles. The standard InChI is InChI=1S/C19H26FNO3/c1-18(2,3)21-16(22)12-19(10-6-7-11-19)17(23)24-13-14-8-4-5-9-15(14)20/h4-5,8-9H,6-7,10-13H2,1-3H3,(H,21,22). The van der Waals surface area contributed by atoms with E-state index in [9.17, 15) is 14.0 Å². The zero-order valence-corrected chi connectivity index (χ0v) is 14.7. The highest BCUT2D eigenvalue weighted by molar-refractivity contribution is 5.86. The summed E-state index contributed by atoms with van der Waals surface area (Å²) < 4.78 is 19.0. The van der Waals surface area contributed by atoms with Crippen molar-refractivity contribution in [1.29, 1.82) is 0 Å². The summed E-state index contributed by atoms with van der Waals surface area (Å²) in [7, 11) is 0. The van der Waals surface area contributed by atoms with E-state index < -0.39 is 17.2 Å². The molecular weight excluding hydrogens is 309 g/mol. The molecule has 1 aliphatic rings. The quantitative estimate of drug-likeness (QED) is 0.834. The number of rotatable bonds is 5. The number of benzene rings is 1. The minimum atomic E-state index is -0.777. The Morgan fingerprint density at radius 2 is 1.83 bits per heavy atom. The molecule has 132 valence electrons. The van der Waals surface area contributed by atoms with Crippen molar-refractivity contribution in [2.24, 2.45) is 5.41 Å². The highest BCUT2D eigenvalue weighted by Gasteiger charge is 2.44. The van der Waals surface area contributed by atoms with E-state index >= 15 is 0 Å². The van der Waals surface area contributed by atoms with Gasteiger partial charge in [-0.2, -0.15) is 0 Å². The summed E-state index contributed by atoms with van der Waals surface area (Å²) in [6.45, 7) is 5.61. The molecule has 2 rings (SSSR count). The smallest absolute Gasteiger partial charge is 0.312 e. The van der Waals surface area contributed by atoms with E-state index in [1.54, 1.807) is 18.2 Å². The fourth-order valence-corrected chi connectivity index (χ4v) is 3.19. The van der Waals surface area contributed by atoms with E-state index in [0.717, 1.165) is 12.8 Å². The van der Waals surface area contributed by atoms with Crippen LogP contribution in [0, 0.1) is 11.2 Å². The van der Waals surface area contributed by atoms with E-state index in [-0.39, 0.29) is 24.5 Å². The molecule has 1 aliphatic carbocycles. The normalized spacial score (nSPS) is 16.7. The van der Waals surface area contributed by atoms with Crippen LogP contribution >= 0.6 is 0 Å². The SMILES string of the molecule is CC(C)(C)NC(=O)CC1(C(=O)OCc2ccccc2F)CCCC1. The number of amides is 1. The first-order valence-electron chi connectivity index (χ1n) is 8.44. The van der Waals surface area contributed by atoms with Gasteiger partial charge in [0.2, 0.25) is 5.91 Å². The lowest BCUT2D eigenvalue weighted by atomic mass is 9.82. The van der Waals surface area contributed by atoms with Crippen LogP contribution in [0.25, 0.3) is 0 Å². The summed E-state index contributed by atoms with van der Waals surface area (Å²) >= 11 is 0. The van der Waals surface area contributed by atoms with Gasteiger partial charge >= 0.3 is 5.97 Å². The number of hydrogen-bond acceptors (Lipinski definition) is 3. The minimum absolute atomic E-state index is 0.103. The predicted octanol–water partition coefficient (Wildman–Crippen LogP) is 3.73. The first kappa shape index (κ1) is 18.4. The Morgan fingerprint density at radius 3 is 2.42 bits per heavy atom. The number of hydrogen-bond donors (Lipinski definition) is 1. The fraction of sp³-hybridized carbons (Fsp3) is 0.579. The summed E-state index contributed by atoms with van der Waals surface area (Å²) in [5.74, 6) is -0.934. The van der Waals surface area contributed by atoms with Crippen molar-refractivity contribution in [2.75, 3.05) is 0 Å². The second kappa shape index (κ2) is 7.32. The monoisotopic (exact) mass is 335 g/mol. The summed E-state index contributed by atoms with van der Waals surface area (Å²) in [4.78, 5) is 24.9. The van der Waals surface area contributed by atoms with E-state index in [1.807, 2.05) is 20.8 Å². The van der Waals surface area contributed by atoms with Crippen LogP contribution in [0.4, 0.5) is 4.39 Å². The van der Waals surface area contributed by atoms with Crippen molar-refractivity contribution in [1.82, 2.24) is 5.32 Å². The predicted molar refractivity (Wildman–Crippen MR) is 89.6 cm³/mol. The third-order valence-corrected chi connectivity index (χ3v) is 4.32. The van der Waals surface area contributed by atoms with Gasteiger partial charge in [0, 0.05) is 17.5 Å². The molecule has 0 aromatic heterocycles. The van der Waals surface area contributed by atoms with Gasteiger partial charge < -0.3 is 10.1 Å². The van der Waals surface area contributed by atoms with Crippen LogP contribution in [0.2, 0.25) is 0 Å². The first-order chi connectivity index (χ1) is 11.2. The molecular formula is C19H26FNO3. The van der Waals surface area contributed by atoms with E-state index in [4.69, 9.17) is 4.74 Å². The zero-order valence-electron chi connectivity index (χ0n) is 14.7. The Bertz CT molecular complexity index is 601. The largest absolute Gasteiger partial charge is 0.460 e. The van der Waals surface area contributed by atoms with Crippen LogP contribution in [-0.4, -0.2) is 17.4 Å². The summed E-state index contributed by atoms with van der Waals surface area (Å²) in [5, 5.41) is 2.90. The Morgan fingerprint density at radius 1 is 1.21 bits per heavy atom. The molecule has 0 unspecified atom stereocenters. The summed E-state index contributed by atoms with van der Waals surface area (Å²) in [6.07, 6.45) is 3.21. The van der Waals surface area contributed by atoms with Crippen LogP contribution in [-0.2, 0) is 20.9 Å². The third-order valence-electron chi connectivity index (χ3n) is 4.32. The maximum Gasteiger partial charge on any atom is 0.312 e. The van der Waals surface area contributed by atoms with Crippen LogP contribution < -0.4 is 5.32 Å². The number of carbonyl (C=O) groups excluding carboxylic acids is 2. The number of ether oxygens (including phenoxy) is 1. The van der Waals surface area contributed by atoms with Gasteiger partial charge in [0.05, 0.1) is 5.41 Å². The molecule has 0 spiro atoms. The Labute approximate surface area is 142 Å². The molecule has 0 bridgehead atoms. The average molecular weight is 335 g/mol. The maximum atomic E-state index is 13.7. The molecule has 0 atom stereocenters. The molecule has 0 saturated heterocycles. The van der Waals surface area contributed by atoms with Gasteiger partial charge in [0.25, 0.3) is 0 Å². The van der Waals surface area contributed by atoms with Crippen molar-refractivity contribution in [2.45, 2.75) is 65.0 Å². The molecule has 1 amide bonds. The van der Waals surface area contributed by atoms with Gasteiger partial charge in [-0.25, -0.2) is 4.39 Å². The van der Waals surface area contributed by atoms with Gasteiger partial charge in [-0.05, 0) is 39.7 Å². The second-order valence-corrected chi connectivity index (χ2v) is 7.63.